The van der Waals surface area contributed by atoms with Crippen LogP contribution in [0.3, 0.4) is 0 Å². The summed E-state index contributed by atoms with van der Waals surface area (Å²) < 4.78 is 9.92. The van der Waals surface area contributed by atoms with Crippen LogP contribution in [0.2, 0.25) is 0 Å². The van der Waals surface area contributed by atoms with Crippen LogP contribution in [0.5, 0.6) is 0 Å². The van der Waals surface area contributed by atoms with Crippen LogP contribution in [0.25, 0.3) is 0 Å². The van der Waals surface area contributed by atoms with E-state index in [0.717, 1.165) is 11.3 Å². The standard InChI is InChI=1S/C18H28N2O6/c1-18(2,3)26-17(24)20-15(16(23)25-4)9-12-5-7-13(8-6-12)19-10-14(22)11-21/h5-8,14-15,19,21-22H,9-11H2,1-4H3,(H,20,24). The van der Waals surface area contributed by atoms with Crippen LogP contribution in [-0.4, -0.2) is 60.3 Å². The first-order valence-corrected chi connectivity index (χ1v) is 8.33. The number of aliphatic hydroxyl groups excluding tert-OH is 2. The van der Waals surface area contributed by atoms with Crippen LogP contribution in [-0.2, 0) is 20.7 Å². The average molecular weight is 368 g/mol. The topological polar surface area (TPSA) is 117 Å². The van der Waals surface area contributed by atoms with Crippen molar-refractivity contribution in [2.75, 3.05) is 25.6 Å². The molecule has 1 amide bonds. The smallest absolute Gasteiger partial charge is 0.408 e. The molecule has 0 aromatic heterocycles. The molecule has 0 aliphatic heterocycles. The van der Waals surface area contributed by atoms with E-state index in [0.29, 0.717) is 0 Å². The van der Waals surface area contributed by atoms with Crippen molar-refractivity contribution in [2.24, 2.45) is 0 Å². The van der Waals surface area contributed by atoms with E-state index >= 15 is 0 Å². The maximum atomic E-state index is 11.9. The molecule has 26 heavy (non-hydrogen) atoms. The Bertz CT molecular complexity index is 582. The van der Waals surface area contributed by atoms with Gasteiger partial charge in [0.1, 0.15) is 11.6 Å². The maximum Gasteiger partial charge on any atom is 0.408 e. The van der Waals surface area contributed by atoms with Crippen LogP contribution < -0.4 is 10.6 Å². The van der Waals surface area contributed by atoms with Gasteiger partial charge in [-0.1, -0.05) is 12.1 Å². The summed E-state index contributed by atoms with van der Waals surface area (Å²) in [6.07, 6.45) is -1.29. The number of benzene rings is 1. The summed E-state index contributed by atoms with van der Waals surface area (Å²) in [4.78, 5) is 23.9. The Morgan fingerprint density at radius 1 is 1.19 bits per heavy atom. The zero-order chi connectivity index (χ0) is 19.7. The van der Waals surface area contributed by atoms with Crippen LogP contribution in [0, 0.1) is 0 Å². The van der Waals surface area contributed by atoms with Gasteiger partial charge in [0, 0.05) is 18.7 Å². The Kier molecular flexibility index (Phi) is 8.34. The Morgan fingerprint density at radius 3 is 2.31 bits per heavy atom. The second-order valence-corrected chi connectivity index (χ2v) is 6.84. The van der Waals surface area contributed by atoms with E-state index in [4.69, 9.17) is 14.6 Å². The van der Waals surface area contributed by atoms with E-state index in [-0.39, 0.29) is 19.6 Å². The molecule has 0 bridgehead atoms. The summed E-state index contributed by atoms with van der Waals surface area (Å²) in [7, 11) is 1.26. The zero-order valence-corrected chi connectivity index (χ0v) is 15.6. The monoisotopic (exact) mass is 368 g/mol. The molecular formula is C18H28N2O6. The first-order chi connectivity index (χ1) is 12.1. The number of ether oxygens (including phenoxy) is 2. The van der Waals surface area contributed by atoms with Gasteiger partial charge < -0.3 is 30.3 Å². The molecule has 1 aromatic carbocycles. The van der Waals surface area contributed by atoms with E-state index in [1.54, 1.807) is 45.0 Å². The zero-order valence-electron chi connectivity index (χ0n) is 15.6. The molecule has 146 valence electrons. The predicted octanol–water partition coefficient (Wildman–Crippen LogP) is 1.06. The van der Waals surface area contributed by atoms with Gasteiger partial charge in [-0.2, -0.15) is 0 Å². The summed E-state index contributed by atoms with van der Waals surface area (Å²) in [5.41, 5.74) is 0.901. The minimum absolute atomic E-state index is 0.223. The summed E-state index contributed by atoms with van der Waals surface area (Å²) in [5.74, 6) is -0.566. The highest BCUT2D eigenvalue weighted by atomic mass is 16.6. The number of nitrogens with one attached hydrogen (secondary N) is 2. The molecule has 0 heterocycles. The largest absolute Gasteiger partial charge is 0.467 e. The molecule has 0 saturated heterocycles. The number of carbonyl (C=O) groups excluding carboxylic acids is 2. The summed E-state index contributed by atoms with van der Waals surface area (Å²) in [6, 6.07) is 6.27. The van der Waals surface area contributed by atoms with Gasteiger partial charge in [0.05, 0.1) is 19.8 Å². The lowest BCUT2D eigenvalue weighted by Crippen LogP contribution is -2.45. The normalized spacial score (nSPS) is 13.5. The van der Waals surface area contributed by atoms with Gasteiger partial charge in [-0.3, -0.25) is 0 Å². The number of esters is 1. The minimum atomic E-state index is -0.870. The van der Waals surface area contributed by atoms with Crippen molar-refractivity contribution in [1.82, 2.24) is 5.32 Å². The fourth-order valence-electron chi connectivity index (χ4n) is 2.08. The third kappa shape index (κ3) is 8.17. The number of hydrogen-bond acceptors (Lipinski definition) is 7. The van der Waals surface area contributed by atoms with Crippen molar-refractivity contribution in [3.63, 3.8) is 0 Å². The van der Waals surface area contributed by atoms with Crippen molar-refractivity contribution in [1.29, 1.82) is 0 Å². The Labute approximate surface area is 153 Å². The molecule has 2 atom stereocenters. The third-order valence-corrected chi connectivity index (χ3v) is 3.32. The van der Waals surface area contributed by atoms with E-state index in [1.807, 2.05) is 0 Å². The summed E-state index contributed by atoms with van der Waals surface area (Å²) >= 11 is 0. The predicted molar refractivity (Wildman–Crippen MR) is 96.9 cm³/mol. The highest BCUT2D eigenvalue weighted by Gasteiger charge is 2.25. The van der Waals surface area contributed by atoms with Gasteiger partial charge >= 0.3 is 12.1 Å². The first-order valence-electron chi connectivity index (χ1n) is 8.33. The maximum absolute atomic E-state index is 11.9. The number of amides is 1. The molecule has 0 aliphatic carbocycles. The second-order valence-electron chi connectivity index (χ2n) is 6.84. The van der Waals surface area contributed by atoms with Crippen molar-refractivity contribution in [2.45, 2.75) is 44.9 Å². The van der Waals surface area contributed by atoms with Gasteiger partial charge in [-0.15, -0.1) is 0 Å². The lowest BCUT2D eigenvalue weighted by atomic mass is 10.1. The minimum Gasteiger partial charge on any atom is -0.467 e. The number of aliphatic hydroxyl groups is 2. The number of methoxy groups -OCH3 is 1. The molecule has 8 heteroatoms. The van der Waals surface area contributed by atoms with E-state index in [1.165, 1.54) is 7.11 Å². The first kappa shape index (κ1) is 21.7. The summed E-state index contributed by atoms with van der Waals surface area (Å²) in [6.45, 7) is 5.11. The lowest BCUT2D eigenvalue weighted by molar-refractivity contribution is -0.143. The molecule has 8 nitrogen and oxygen atoms in total. The van der Waals surface area contributed by atoms with E-state index < -0.39 is 29.8 Å². The Morgan fingerprint density at radius 2 is 1.81 bits per heavy atom. The number of hydrogen-bond donors (Lipinski definition) is 4. The molecular weight excluding hydrogens is 340 g/mol. The number of carbonyl (C=O) groups is 2. The average Bonchev–Trinajstić information content (AvgIpc) is 2.57. The number of alkyl carbamates (subject to hydrolysis) is 1. The van der Waals surface area contributed by atoms with Crippen molar-refractivity contribution in [3.8, 4) is 0 Å². The van der Waals surface area contributed by atoms with Crippen molar-refractivity contribution in [3.05, 3.63) is 29.8 Å². The molecule has 0 aliphatic rings. The van der Waals surface area contributed by atoms with Crippen LogP contribution in [0.1, 0.15) is 26.3 Å². The molecule has 0 fully saturated rings. The van der Waals surface area contributed by atoms with Crippen LogP contribution >= 0.6 is 0 Å². The van der Waals surface area contributed by atoms with Crippen molar-refractivity contribution >= 4 is 17.7 Å². The number of rotatable bonds is 8. The Hall–Kier alpha value is -2.32. The van der Waals surface area contributed by atoms with Gasteiger partial charge in [-0.05, 0) is 38.5 Å². The molecule has 4 N–H and O–H groups in total. The van der Waals surface area contributed by atoms with Gasteiger partial charge in [0.25, 0.3) is 0 Å². The highest BCUT2D eigenvalue weighted by Crippen LogP contribution is 2.13. The quantitative estimate of drug-likeness (QED) is 0.507. The van der Waals surface area contributed by atoms with Crippen LogP contribution in [0.4, 0.5) is 10.5 Å². The molecule has 1 aromatic rings. The molecule has 0 radical (unpaired) electrons. The van der Waals surface area contributed by atoms with E-state index in [9.17, 15) is 14.7 Å². The number of anilines is 1. The van der Waals surface area contributed by atoms with Gasteiger partial charge in [0.2, 0.25) is 0 Å². The lowest BCUT2D eigenvalue weighted by Gasteiger charge is -2.22. The molecule has 0 spiro atoms. The second kappa shape index (κ2) is 9.98. The highest BCUT2D eigenvalue weighted by molar-refractivity contribution is 5.81. The van der Waals surface area contributed by atoms with Gasteiger partial charge in [-0.25, -0.2) is 9.59 Å². The molecule has 0 saturated carbocycles. The summed E-state index contributed by atoms with van der Waals surface area (Å²) in [5, 5.41) is 23.6. The van der Waals surface area contributed by atoms with Gasteiger partial charge in [0.15, 0.2) is 0 Å². The Balaban J connectivity index is 2.70. The van der Waals surface area contributed by atoms with E-state index in [2.05, 4.69) is 10.6 Å². The SMILES string of the molecule is COC(=O)C(Cc1ccc(NCC(O)CO)cc1)NC(=O)OC(C)(C)C. The molecule has 2 unspecified atom stereocenters. The molecule has 1 rings (SSSR count). The fraction of sp³-hybridized carbons (Fsp3) is 0.556. The fourth-order valence-corrected chi connectivity index (χ4v) is 2.08. The third-order valence-electron chi connectivity index (χ3n) is 3.32. The van der Waals surface area contributed by atoms with Crippen LogP contribution in [0.15, 0.2) is 24.3 Å². The van der Waals surface area contributed by atoms with Crippen molar-refractivity contribution < 1.29 is 29.3 Å².